The van der Waals surface area contributed by atoms with E-state index in [1.807, 2.05) is 0 Å². The smallest absolute Gasteiger partial charge is 0.303 e. The minimum Gasteiger partial charge on any atom is -0.481 e. The Hall–Kier alpha value is -1.01. The number of aliphatic hydroxyl groups excluding tert-OH is 1. The van der Waals surface area contributed by atoms with Crippen LogP contribution in [-0.4, -0.2) is 39.0 Å². The molecule has 4 aliphatic carbocycles. The minimum absolute atomic E-state index is 0.173. The van der Waals surface area contributed by atoms with Crippen LogP contribution in [0, 0.1) is 45.3 Å². The van der Waals surface area contributed by atoms with Crippen LogP contribution in [0.4, 0.5) is 0 Å². The van der Waals surface area contributed by atoms with Crippen LogP contribution in [0.15, 0.2) is 5.18 Å². The summed E-state index contributed by atoms with van der Waals surface area (Å²) in [5.74, 6) is 1.43. The fourth-order valence-corrected chi connectivity index (χ4v) is 8.92. The summed E-state index contributed by atoms with van der Waals surface area (Å²) in [6, 6.07) is -0.649. The third-order valence-corrected chi connectivity index (χ3v) is 10.5. The van der Waals surface area contributed by atoms with Crippen molar-refractivity contribution in [2.75, 3.05) is 0 Å². The molecule has 0 aromatic heterocycles. The van der Waals surface area contributed by atoms with E-state index in [1.54, 1.807) is 0 Å². The number of fused-ring (bicyclic) bond motifs is 5. The highest BCUT2D eigenvalue weighted by Gasteiger charge is 2.68. The van der Waals surface area contributed by atoms with Gasteiger partial charge in [-0.3, -0.25) is 4.79 Å². The van der Waals surface area contributed by atoms with Gasteiger partial charge in [0.1, 0.15) is 6.04 Å². The number of carboxylic acid groups (broad SMARTS) is 1. The van der Waals surface area contributed by atoms with Crippen molar-refractivity contribution in [2.45, 2.75) is 103 Å². The van der Waals surface area contributed by atoms with Crippen molar-refractivity contribution in [1.29, 1.82) is 0 Å². The molecule has 6 heteroatoms. The summed E-state index contributed by atoms with van der Waals surface area (Å²) in [4.78, 5) is 23.0. The zero-order valence-electron chi connectivity index (χ0n) is 18.7. The Balaban J connectivity index is 1.61. The average molecular weight is 422 g/mol. The average Bonchev–Trinajstić information content (AvgIpc) is 3.04. The molecule has 4 unspecified atom stereocenters. The van der Waals surface area contributed by atoms with Crippen LogP contribution in [0.5, 0.6) is 0 Å². The fourth-order valence-electron chi connectivity index (χ4n) is 8.92. The highest BCUT2D eigenvalue weighted by atomic mass is 16.4. The zero-order valence-corrected chi connectivity index (χ0v) is 18.7. The molecular weight excluding hydrogens is 382 g/mol. The van der Waals surface area contributed by atoms with E-state index in [0.717, 1.165) is 38.5 Å². The monoisotopic (exact) mass is 421 g/mol. The van der Waals surface area contributed by atoms with Gasteiger partial charge in [0.25, 0.3) is 0 Å². The van der Waals surface area contributed by atoms with E-state index in [1.165, 1.54) is 0 Å². The van der Waals surface area contributed by atoms with Gasteiger partial charge in [0.15, 0.2) is 0 Å². The first-order valence-electron chi connectivity index (χ1n) is 12.0. The molecule has 170 valence electrons. The zero-order chi connectivity index (χ0) is 21.9. The van der Waals surface area contributed by atoms with Crippen LogP contribution in [0.25, 0.3) is 0 Å². The number of aliphatic hydroxyl groups is 2. The molecule has 0 heterocycles. The van der Waals surface area contributed by atoms with Gasteiger partial charge in [-0.15, -0.1) is 0 Å². The van der Waals surface area contributed by atoms with Gasteiger partial charge in [0, 0.05) is 18.3 Å². The van der Waals surface area contributed by atoms with Crippen LogP contribution >= 0.6 is 0 Å². The lowest BCUT2D eigenvalue weighted by Gasteiger charge is -2.65. The van der Waals surface area contributed by atoms with Gasteiger partial charge in [0.2, 0.25) is 0 Å². The predicted octanol–water partition coefficient (Wildman–Crippen LogP) is 4.37. The molecule has 4 saturated carbocycles. The van der Waals surface area contributed by atoms with Crippen molar-refractivity contribution in [3.63, 3.8) is 0 Å². The lowest BCUT2D eigenvalue weighted by Crippen LogP contribution is -2.68. The van der Waals surface area contributed by atoms with Gasteiger partial charge < -0.3 is 15.3 Å². The molecule has 0 bridgehead atoms. The highest BCUT2D eigenvalue weighted by Crippen LogP contribution is 2.69. The van der Waals surface area contributed by atoms with E-state index in [0.29, 0.717) is 42.4 Å². The number of nitroso groups, excluding NO2 is 1. The molecule has 0 aromatic carbocycles. The Morgan fingerprint density at radius 1 is 1.13 bits per heavy atom. The van der Waals surface area contributed by atoms with Crippen LogP contribution in [0.2, 0.25) is 0 Å². The molecule has 0 amide bonds. The van der Waals surface area contributed by atoms with Crippen LogP contribution in [0.1, 0.15) is 85.0 Å². The Bertz CT molecular complexity index is 699. The minimum atomic E-state index is -1.20. The fraction of sp³-hybridized carbons (Fsp3) is 0.958. The van der Waals surface area contributed by atoms with E-state index < -0.39 is 23.7 Å². The molecule has 30 heavy (non-hydrogen) atoms. The Morgan fingerprint density at radius 2 is 1.87 bits per heavy atom. The molecule has 4 aliphatic rings. The second-order valence-electron chi connectivity index (χ2n) is 11.6. The Morgan fingerprint density at radius 3 is 2.53 bits per heavy atom. The molecule has 6 nitrogen and oxygen atoms in total. The maximum Gasteiger partial charge on any atom is 0.303 e. The Kier molecular flexibility index (Phi) is 5.58. The van der Waals surface area contributed by atoms with Crippen molar-refractivity contribution in [1.82, 2.24) is 0 Å². The molecule has 3 N–H and O–H groups in total. The number of aliphatic carboxylic acids is 1. The number of carboxylic acids is 1. The summed E-state index contributed by atoms with van der Waals surface area (Å²) in [7, 11) is 0. The largest absolute Gasteiger partial charge is 0.481 e. The molecule has 0 aliphatic heterocycles. The van der Waals surface area contributed by atoms with Crippen molar-refractivity contribution >= 4 is 5.97 Å². The number of nitrogens with zero attached hydrogens (tertiary/aromatic N) is 1. The second-order valence-corrected chi connectivity index (χ2v) is 11.6. The van der Waals surface area contributed by atoms with Gasteiger partial charge >= 0.3 is 5.97 Å². The van der Waals surface area contributed by atoms with Gasteiger partial charge in [0.05, 0.1) is 11.7 Å². The van der Waals surface area contributed by atoms with Gasteiger partial charge in [-0.25, -0.2) is 0 Å². The summed E-state index contributed by atoms with van der Waals surface area (Å²) < 4.78 is 0. The van der Waals surface area contributed by atoms with Gasteiger partial charge in [-0.05, 0) is 86.4 Å². The van der Waals surface area contributed by atoms with Crippen LogP contribution in [-0.2, 0) is 4.79 Å². The standard InChI is InChI=1S/C24H39NO5/c1-14(4-7-21(27)28)17-5-6-18-16-12-20(25-30)24(29)13-15(26)8-11-23(24,3)19(16)9-10-22(17,18)2/h14-20,26,29H,4-13H2,1-3H3,(H,27,28)/t14-,15?,16?,17+,18?,19?,20+,22+,23+,24+/m0/s1. The van der Waals surface area contributed by atoms with Crippen molar-refractivity contribution in [3.8, 4) is 0 Å². The molecule has 0 spiro atoms. The third-order valence-electron chi connectivity index (χ3n) is 10.5. The second kappa shape index (κ2) is 7.54. The lowest BCUT2D eigenvalue weighted by molar-refractivity contribution is -0.228. The molecule has 0 radical (unpaired) electrons. The van der Waals surface area contributed by atoms with E-state index in [9.17, 15) is 19.9 Å². The number of hydrogen-bond acceptors (Lipinski definition) is 5. The predicted molar refractivity (Wildman–Crippen MR) is 114 cm³/mol. The quantitative estimate of drug-likeness (QED) is 0.572. The first-order valence-corrected chi connectivity index (χ1v) is 12.0. The van der Waals surface area contributed by atoms with Gasteiger partial charge in [-0.1, -0.05) is 25.9 Å². The molecule has 4 rings (SSSR count). The molecule has 4 fully saturated rings. The maximum absolute atomic E-state index is 11.9. The summed E-state index contributed by atoms with van der Waals surface area (Å²) in [6.07, 6.45) is 7.14. The van der Waals surface area contributed by atoms with Crippen LogP contribution < -0.4 is 0 Å². The number of rotatable bonds is 5. The summed E-state index contributed by atoms with van der Waals surface area (Å²) in [6.45, 7) is 6.77. The topological polar surface area (TPSA) is 107 Å². The lowest BCUT2D eigenvalue weighted by atomic mass is 9.42. The van der Waals surface area contributed by atoms with Gasteiger partial charge in [-0.2, -0.15) is 4.91 Å². The normalized spacial score (nSPS) is 51.4. The summed E-state index contributed by atoms with van der Waals surface area (Å²) >= 11 is 0. The number of hydrogen-bond donors (Lipinski definition) is 3. The maximum atomic E-state index is 11.9. The van der Waals surface area contributed by atoms with Crippen molar-refractivity contribution in [3.05, 3.63) is 4.91 Å². The Labute approximate surface area is 179 Å². The van der Waals surface area contributed by atoms with E-state index >= 15 is 0 Å². The first kappa shape index (κ1) is 22.2. The molecular formula is C24H39NO5. The number of carbonyl (C=O) groups is 1. The van der Waals surface area contributed by atoms with Crippen molar-refractivity contribution < 1.29 is 20.1 Å². The van der Waals surface area contributed by atoms with Crippen LogP contribution in [0.3, 0.4) is 0 Å². The molecule has 10 atom stereocenters. The first-order chi connectivity index (χ1) is 14.1. The highest BCUT2D eigenvalue weighted by molar-refractivity contribution is 5.66. The molecule has 0 saturated heterocycles. The summed E-state index contributed by atoms with van der Waals surface area (Å²) in [5, 5.41) is 34.5. The van der Waals surface area contributed by atoms with E-state index in [-0.39, 0.29) is 23.7 Å². The van der Waals surface area contributed by atoms with Crippen molar-refractivity contribution in [2.24, 2.45) is 45.6 Å². The van der Waals surface area contributed by atoms with E-state index in [2.05, 4.69) is 25.9 Å². The molecule has 0 aromatic rings. The third kappa shape index (κ3) is 3.08. The summed E-state index contributed by atoms with van der Waals surface area (Å²) in [5.41, 5.74) is -1.40. The van der Waals surface area contributed by atoms with E-state index in [4.69, 9.17) is 5.11 Å². The SMILES string of the molecule is C[C@@H](CCC(=O)O)[C@H]1CCC2C3C[C@@H](N=O)[C@]4(O)CC(O)CC[C@]4(C)C3CC[C@@]21C.